The van der Waals surface area contributed by atoms with Gasteiger partial charge in [-0.3, -0.25) is 4.79 Å². The second-order valence-electron chi connectivity index (χ2n) is 6.02. The first-order valence-electron chi connectivity index (χ1n) is 7.26. The molecule has 4 heteroatoms. The van der Waals surface area contributed by atoms with E-state index in [0.717, 1.165) is 12.8 Å². The number of benzene rings is 1. The molecule has 1 amide bonds. The quantitative estimate of drug-likeness (QED) is 0.816. The number of rotatable bonds is 2. The van der Waals surface area contributed by atoms with E-state index in [4.69, 9.17) is 5.73 Å². The van der Waals surface area contributed by atoms with E-state index in [9.17, 15) is 9.18 Å². The summed E-state index contributed by atoms with van der Waals surface area (Å²) in [5, 5.41) is 3.03. The zero-order valence-corrected chi connectivity index (χ0v) is 12.4. The number of nitrogens with two attached hydrogens (primary N) is 1. The summed E-state index contributed by atoms with van der Waals surface area (Å²) in [5.74, 6) is 0.385. The Hall–Kier alpha value is -1.58. The zero-order valence-electron chi connectivity index (χ0n) is 12.4. The summed E-state index contributed by atoms with van der Waals surface area (Å²) in [6, 6.07) is 2.97. The topological polar surface area (TPSA) is 55.1 Å². The second kappa shape index (κ2) is 5.81. The van der Waals surface area contributed by atoms with Crippen LogP contribution in [-0.2, 0) is 0 Å². The van der Waals surface area contributed by atoms with Crippen molar-refractivity contribution in [3.63, 3.8) is 0 Å². The average molecular weight is 278 g/mol. The van der Waals surface area contributed by atoms with Crippen LogP contribution in [0.2, 0.25) is 0 Å². The number of amides is 1. The fourth-order valence-electron chi connectivity index (χ4n) is 2.87. The average Bonchev–Trinajstić information content (AvgIpc) is 2.40. The van der Waals surface area contributed by atoms with Crippen LogP contribution in [0.15, 0.2) is 12.1 Å². The lowest BCUT2D eigenvalue weighted by atomic mass is 9.78. The van der Waals surface area contributed by atoms with Gasteiger partial charge in [-0.1, -0.05) is 26.7 Å². The molecule has 1 aromatic carbocycles. The molecule has 0 aliphatic heterocycles. The van der Waals surface area contributed by atoms with Gasteiger partial charge in [-0.15, -0.1) is 0 Å². The van der Waals surface area contributed by atoms with E-state index in [0.29, 0.717) is 28.7 Å². The summed E-state index contributed by atoms with van der Waals surface area (Å²) in [6.45, 7) is 5.99. The van der Waals surface area contributed by atoms with Crippen LogP contribution < -0.4 is 11.1 Å². The summed E-state index contributed by atoms with van der Waals surface area (Å²) in [5.41, 5.74) is 6.73. The van der Waals surface area contributed by atoms with Crippen LogP contribution in [-0.4, -0.2) is 11.9 Å². The van der Waals surface area contributed by atoms with Crippen molar-refractivity contribution in [3.8, 4) is 0 Å². The molecule has 1 aliphatic carbocycles. The van der Waals surface area contributed by atoms with Crippen LogP contribution in [0.25, 0.3) is 0 Å². The molecule has 20 heavy (non-hydrogen) atoms. The molecule has 0 bridgehead atoms. The summed E-state index contributed by atoms with van der Waals surface area (Å²) in [4.78, 5) is 12.2. The third kappa shape index (κ3) is 2.94. The highest BCUT2D eigenvalue weighted by atomic mass is 19.1. The van der Waals surface area contributed by atoms with Crippen molar-refractivity contribution >= 4 is 11.6 Å². The molecule has 1 aromatic rings. The molecule has 0 heterocycles. The molecule has 110 valence electrons. The molecule has 3 N–H and O–H groups in total. The van der Waals surface area contributed by atoms with Crippen molar-refractivity contribution < 1.29 is 9.18 Å². The van der Waals surface area contributed by atoms with E-state index < -0.39 is 5.82 Å². The largest absolute Gasteiger partial charge is 0.398 e. The molecular formula is C16H23FN2O. The number of carbonyl (C=O) groups excluding carboxylic acids is 1. The van der Waals surface area contributed by atoms with E-state index in [-0.39, 0.29) is 11.9 Å². The summed E-state index contributed by atoms with van der Waals surface area (Å²) in [6.07, 6.45) is 3.32. The van der Waals surface area contributed by atoms with E-state index in [1.165, 1.54) is 12.5 Å². The Bertz CT molecular complexity index is 492. The Morgan fingerprint density at radius 2 is 2.05 bits per heavy atom. The van der Waals surface area contributed by atoms with Gasteiger partial charge in [0.1, 0.15) is 5.82 Å². The Balaban J connectivity index is 2.12. The number of nitrogens with one attached hydrogen (secondary N) is 1. The van der Waals surface area contributed by atoms with Gasteiger partial charge in [-0.05, 0) is 37.3 Å². The van der Waals surface area contributed by atoms with E-state index >= 15 is 0 Å². The summed E-state index contributed by atoms with van der Waals surface area (Å²) >= 11 is 0. The minimum absolute atomic E-state index is 0.164. The molecule has 3 unspecified atom stereocenters. The standard InChI is InChI=1S/C16H23FN2O/c1-9-5-4-6-15(10(9)2)19-16(20)12-7-13(17)11(3)14(18)8-12/h7-10,15H,4-6,18H2,1-3H3,(H,19,20). The highest BCUT2D eigenvalue weighted by Gasteiger charge is 2.28. The molecule has 3 atom stereocenters. The van der Waals surface area contributed by atoms with Crippen LogP contribution in [0.3, 0.4) is 0 Å². The minimum atomic E-state index is -0.430. The highest BCUT2D eigenvalue weighted by molar-refractivity contribution is 5.95. The predicted molar refractivity (Wildman–Crippen MR) is 79.0 cm³/mol. The van der Waals surface area contributed by atoms with Crippen molar-refractivity contribution in [1.29, 1.82) is 0 Å². The number of nitrogen functional groups attached to an aromatic ring is 1. The molecule has 1 fully saturated rings. The van der Waals surface area contributed by atoms with Crippen molar-refractivity contribution in [2.24, 2.45) is 11.8 Å². The maximum atomic E-state index is 13.7. The third-order valence-corrected chi connectivity index (χ3v) is 4.67. The van der Waals surface area contributed by atoms with Crippen LogP contribution in [0.4, 0.5) is 10.1 Å². The van der Waals surface area contributed by atoms with Gasteiger partial charge in [-0.25, -0.2) is 4.39 Å². The Labute approximate surface area is 119 Å². The van der Waals surface area contributed by atoms with Crippen molar-refractivity contribution in [3.05, 3.63) is 29.1 Å². The Kier molecular flexibility index (Phi) is 4.31. The van der Waals surface area contributed by atoms with Crippen molar-refractivity contribution in [1.82, 2.24) is 5.32 Å². The zero-order chi connectivity index (χ0) is 14.9. The van der Waals surface area contributed by atoms with Gasteiger partial charge in [0.15, 0.2) is 0 Å². The van der Waals surface area contributed by atoms with Crippen molar-refractivity contribution in [2.45, 2.75) is 46.1 Å². The third-order valence-electron chi connectivity index (χ3n) is 4.67. The number of hydrogen-bond acceptors (Lipinski definition) is 2. The van der Waals surface area contributed by atoms with Gasteiger partial charge in [0.2, 0.25) is 0 Å². The Morgan fingerprint density at radius 1 is 1.35 bits per heavy atom. The van der Waals surface area contributed by atoms with E-state index in [1.807, 2.05) is 0 Å². The molecule has 0 saturated heterocycles. The number of carbonyl (C=O) groups is 1. The number of halogens is 1. The lowest BCUT2D eigenvalue weighted by Crippen LogP contribution is -2.43. The highest BCUT2D eigenvalue weighted by Crippen LogP contribution is 2.29. The molecule has 0 aromatic heterocycles. The van der Waals surface area contributed by atoms with Crippen molar-refractivity contribution in [2.75, 3.05) is 5.73 Å². The smallest absolute Gasteiger partial charge is 0.251 e. The molecule has 1 saturated carbocycles. The van der Waals surface area contributed by atoms with Gasteiger partial charge in [0.25, 0.3) is 5.91 Å². The monoisotopic (exact) mass is 278 g/mol. The SMILES string of the molecule is Cc1c(N)cc(C(=O)NC2CCCC(C)C2C)cc1F. The number of anilines is 1. The maximum absolute atomic E-state index is 13.7. The van der Waals surface area contributed by atoms with E-state index in [2.05, 4.69) is 19.2 Å². The van der Waals surface area contributed by atoms with E-state index in [1.54, 1.807) is 13.0 Å². The van der Waals surface area contributed by atoms with Gasteiger partial charge in [0, 0.05) is 22.9 Å². The lowest BCUT2D eigenvalue weighted by Gasteiger charge is -2.34. The van der Waals surface area contributed by atoms with Crippen LogP contribution in [0.1, 0.15) is 49.0 Å². The number of hydrogen-bond donors (Lipinski definition) is 2. The fraction of sp³-hybridized carbons (Fsp3) is 0.562. The summed E-state index contributed by atoms with van der Waals surface area (Å²) in [7, 11) is 0. The van der Waals surface area contributed by atoms with Crippen LogP contribution in [0.5, 0.6) is 0 Å². The fourth-order valence-corrected chi connectivity index (χ4v) is 2.87. The van der Waals surface area contributed by atoms with Crippen LogP contribution in [0, 0.1) is 24.6 Å². The molecule has 1 aliphatic rings. The van der Waals surface area contributed by atoms with Crippen LogP contribution >= 0.6 is 0 Å². The minimum Gasteiger partial charge on any atom is -0.398 e. The first-order chi connectivity index (χ1) is 9.40. The van der Waals surface area contributed by atoms with Gasteiger partial charge < -0.3 is 11.1 Å². The maximum Gasteiger partial charge on any atom is 0.251 e. The Morgan fingerprint density at radius 3 is 2.70 bits per heavy atom. The molecule has 2 rings (SSSR count). The first-order valence-corrected chi connectivity index (χ1v) is 7.26. The molecular weight excluding hydrogens is 255 g/mol. The lowest BCUT2D eigenvalue weighted by molar-refractivity contribution is 0.0890. The first kappa shape index (κ1) is 14.8. The van der Waals surface area contributed by atoms with Gasteiger partial charge in [-0.2, -0.15) is 0 Å². The molecule has 0 radical (unpaired) electrons. The second-order valence-corrected chi connectivity index (χ2v) is 6.02. The summed E-state index contributed by atoms with van der Waals surface area (Å²) < 4.78 is 13.7. The van der Waals surface area contributed by atoms with Gasteiger partial charge >= 0.3 is 0 Å². The predicted octanol–water partition coefficient (Wildman–Crippen LogP) is 3.27. The molecule has 0 spiro atoms. The van der Waals surface area contributed by atoms with Gasteiger partial charge in [0.05, 0.1) is 0 Å². The normalized spacial score (nSPS) is 26.3. The molecule has 3 nitrogen and oxygen atoms in total.